The first-order chi connectivity index (χ1) is 8.45. The lowest BCUT2D eigenvalue weighted by Crippen LogP contribution is -2.18. The molecule has 0 radical (unpaired) electrons. The molecule has 2 atom stereocenters. The van der Waals surface area contributed by atoms with Gasteiger partial charge in [0.2, 0.25) is 0 Å². The van der Waals surface area contributed by atoms with Gasteiger partial charge < -0.3 is 9.84 Å². The van der Waals surface area contributed by atoms with Gasteiger partial charge in [-0.2, -0.15) is 0 Å². The number of carboxylic acid groups (broad SMARTS) is 1. The summed E-state index contributed by atoms with van der Waals surface area (Å²) in [6.07, 6.45) is 0.927. The van der Waals surface area contributed by atoms with Gasteiger partial charge in [0.15, 0.2) is 0 Å². The lowest BCUT2D eigenvalue weighted by Gasteiger charge is -2.20. The summed E-state index contributed by atoms with van der Waals surface area (Å²) in [6.45, 7) is 7.72. The second-order valence-electron chi connectivity index (χ2n) is 4.88. The van der Waals surface area contributed by atoms with E-state index in [1.807, 2.05) is 45.0 Å². The smallest absolute Gasteiger partial charge is 0.306 e. The predicted octanol–water partition coefficient (Wildman–Crippen LogP) is 3.69. The lowest BCUT2D eigenvalue weighted by atomic mass is 9.85. The van der Waals surface area contributed by atoms with Gasteiger partial charge in [-0.15, -0.1) is 0 Å². The molecule has 0 fully saturated rings. The van der Waals surface area contributed by atoms with Gasteiger partial charge in [0.05, 0.1) is 12.0 Å². The van der Waals surface area contributed by atoms with Crippen molar-refractivity contribution in [2.24, 2.45) is 5.92 Å². The largest absolute Gasteiger partial charge is 0.491 e. The molecule has 0 aliphatic carbocycles. The Morgan fingerprint density at radius 2 is 2.00 bits per heavy atom. The van der Waals surface area contributed by atoms with Crippen molar-refractivity contribution in [3.8, 4) is 5.75 Å². The Morgan fingerprint density at radius 3 is 2.50 bits per heavy atom. The molecule has 0 saturated carbocycles. The maximum Gasteiger partial charge on any atom is 0.306 e. The Bertz CT molecular complexity index is 398. The maximum absolute atomic E-state index is 11.1. The van der Waals surface area contributed by atoms with E-state index in [0.717, 1.165) is 17.7 Å². The number of hydrogen-bond donors (Lipinski definition) is 1. The van der Waals surface area contributed by atoms with Gasteiger partial charge in [-0.25, -0.2) is 0 Å². The molecule has 3 heteroatoms. The van der Waals surface area contributed by atoms with Crippen LogP contribution in [-0.4, -0.2) is 17.2 Å². The highest BCUT2D eigenvalue weighted by atomic mass is 16.5. The molecule has 0 spiro atoms. The van der Waals surface area contributed by atoms with Gasteiger partial charge in [0.25, 0.3) is 0 Å². The van der Waals surface area contributed by atoms with Crippen molar-refractivity contribution in [1.29, 1.82) is 0 Å². The van der Waals surface area contributed by atoms with Crippen LogP contribution in [0.1, 0.15) is 45.6 Å². The molecular formula is C15H22O3. The fraction of sp³-hybridized carbons (Fsp3) is 0.533. The number of carboxylic acids is 1. The Kier molecular flexibility index (Phi) is 5.20. The van der Waals surface area contributed by atoms with Crippen LogP contribution >= 0.6 is 0 Å². The number of hydrogen-bond acceptors (Lipinski definition) is 2. The molecule has 1 aromatic rings. The molecule has 0 bridgehead atoms. The van der Waals surface area contributed by atoms with E-state index < -0.39 is 5.97 Å². The van der Waals surface area contributed by atoms with Crippen molar-refractivity contribution in [3.63, 3.8) is 0 Å². The summed E-state index contributed by atoms with van der Waals surface area (Å²) < 4.78 is 5.64. The molecular weight excluding hydrogens is 228 g/mol. The number of benzene rings is 1. The van der Waals surface area contributed by atoms with Gasteiger partial charge in [0, 0.05) is 0 Å². The molecule has 0 aliphatic heterocycles. The van der Waals surface area contributed by atoms with E-state index in [4.69, 9.17) is 9.84 Å². The van der Waals surface area contributed by atoms with Crippen LogP contribution in [0.3, 0.4) is 0 Å². The quantitative estimate of drug-likeness (QED) is 0.837. The number of ether oxygens (including phenoxy) is 1. The van der Waals surface area contributed by atoms with Crippen molar-refractivity contribution in [3.05, 3.63) is 29.8 Å². The van der Waals surface area contributed by atoms with E-state index in [0.29, 0.717) is 0 Å². The van der Waals surface area contributed by atoms with Crippen LogP contribution in [-0.2, 0) is 4.79 Å². The summed E-state index contributed by atoms with van der Waals surface area (Å²) >= 11 is 0. The van der Waals surface area contributed by atoms with E-state index in [2.05, 4.69) is 0 Å². The first kappa shape index (κ1) is 14.6. The Balaban J connectivity index is 2.96. The third-order valence-corrected chi connectivity index (χ3v) is 3.09. The molecule has 1 rings (SSSR count). The van der Waals surface area contributed by atoms with Crippen LogP contribution in [0.25, 0.3) is 0 Å². The van der Waals surface area contributed by atoms with E-state index in [9.17, 15) is 4.79 Å². The highest BCUT2D eigenvalue weighted by Gasteiger charge is 2.23. The SMILES string of the molecule is CC[C@H](c1cccc(OC(C)C)c1)[C@@H](C)C(=O)O. The number of aliphatic carboxylic acids is 1. The molecule has 18 heavy (non-hydrogen) atoms. The van der Waals surface area contributed by atoms with E-state index in [1.54, 1.807) is 6.92 Å². The summed E-state index contributed by atoms with van der Waals surface area (Å²) in [6, 6.07) is 7.75. The molecule has 3 nitrogen and oxygen atoms in total. The number of rotatable bonds is 6. The minimum Gasteiger partial charge on any atom is -0.491 e. The summed E-state index contributed by atoms with van der Waals surface area (Å²) in [4.78, 5) is 11.1. The first-order valence-electron chi connectivity index (χ1n) is 6.45. The van der Waals surface area contributed by atoms with Crippen LogP contribution in [0.2, 0.25) is 0 Å². The molecule has 0 aliphatic rings. The summed E-state index contributed by atoms with van der Waals surface area (Å²) in [7, 11) is 0. The third kappa shape index (κ3) is 3.76. The lowest BCUT2D eigenvalue weighted by molar-refractivity contribution is -0.141. The molecule has 1 N–H and O–H groups in total. The van der Waals surface area contributed by atoms with Crippen LogP contribution < -0.4 is 4.74 Å². The first-order valence-corrected chi connectivity index (χ1v) is 6.45. The van der Waals surface area contributed by atoms with Crippen molar-refractivity contribution in [2.75, 3.05) is 0 Å². The van der Waals surface area contributed by atoms with Gasteiger partial charge in [-0.3, -0.25) is 4.79 Å². The highest BCUT2D eigenvalue weighted by molar-refractivity contribution is 5.71. The normalized spacial score (nSPS) is 14.3. The summed E-state index contributed by atoms with van der Waals surface area (Å²) in [5, 5.41) is 9.13. The second kappa shape index (κ2) is 6.43. The van der Waals surface area contributed by atoms with Crippen LogP contribution in [0.5, 0.6) is 5.75 Å². The zero-order chi connectivity index (χ0) is 13.7. The monoisotopic (exact) mass is 250 g/mol. The highest BCUT2D eigenvalue weighted by Crippen LogP contribution is 2.30. The van der Waals surface area contributed by atoms with Crippen molar-refractivity contribution in [2.45, 2.75) is 46.1 Å². The average molecular weight is 250 g/mol. The Hall–Kier alpha value is -1.51. The van der Waals surface area contributed by atoms with Crippen molar-refractivity contribution in [1.82, 2.24) is 0 Å². The fourth-order valence-corrected chi connectivity index (χ4v) is 2.14. The van der Waals surface area contributed by atoms with E-state index >= 15 is 0 Å². The summed E-state index contributed by atoms with van der Waals surface area (Å²) in [5.41, 5.74) is 1.03. The average Bonchev–Trinajstić information content (AvgIpc) is 2.29. The van der Waals surface area contributed by atoms with Crippen molar-refractivity contribution < 1.29 is 14.6 Å². The Morgan fingerprint density at radius 1 is 1.33 bits per heavy atom. The van der Waals surface area contributed by atoms with Crippen molar-refractivity contribution >= 4 is 5.97 Å². The maximum atomic E-state index is 11.1. The third-order valence-electron chi connectivity index (χ3n) is 3.09. The molecule has 0 aromatic heterocycles. The second-order valence-corrected chi connectivity index (χ2v) is 4.88. The van der Waals surface area contributed by atoms with E-state index in [-0.39, 0.29) is 17.9 Å². The molecule has 0 saturated heterocycles. The molecule has 0 heterocycles. The van der Waals surface area contributed by atoms with Gasteiger partial charge in [0.1, 0.15) is 5.75 Å². The van der Waals surface area contributed by atoms with Crippen LogP contribution in [0.15, 0.2) is 24.3 Å². The molecule has 0 amide bonds. The van der Waals surface area contributed by atoms with E-state index in [1.165, 1.54) is 0 Å². The fourth-order valence-electron chi connectivity index (χ4n) is 2.14. The molecule has 1 aromatic carbocycles. The van der Waals surface area contributed by atoms with Crippen LogP contribution in [0.4, 0.5) is 0 Å². The minimum absolute atomic E-state index is 0.0261. The van der Waals surface area contributed by atoms with Crippen LogP contribution in [0, 0.1) is 5.92 Å². The zero-order valence-corrected chi connectivity index (χ0v) is 11.5. The number of carbonyl (C=O) groups is 1. The Labute approximate surface area is 109 Å². The zero-order valence-electron chi connectivity index (χ0n) is 11.5. The minimum atomic E-state index is -0.753. The van der Waals surface area contributed by atoms with Gasteiger partial charge in [-0.05, 0) is 43.9 Å². The van der Waals surface area contributed by atoms with Gasteiger partial charge in [-0.1, -0.05) is 26.0 Å². The predicted molar refractivity (Wildman–Crippen MR) is 72.0 cm³/mol. The topological polar surface area (TPSA) is 46.5 Å². The van der Waals surface area contributed by atoms with Gasteiger partial charge >= 0.3 is 5.97 Å². The summed E-state index contributed by atoms with van der Waals surface area (Å²) in [5.74, 6) is -0.307. The molecule has 100 valence electrons. The molecule has 0 unspecified atom stereocenters. The standard InChI is InChI=1S/C15H22O3/c1-5-14(11(4)15(16)17)12-7-6-8-13(9-12)18-10(2)3/h6-11,14H,5H2,1-4H3,(H,16,17)/t11-,14+/m1/s1.